The van der Waals surface area contributed by atoms with Crippen LogP contribution in [0.3, 0.4) is 0 Å². The molecule has 7 nitrogen and oxygen atoms in total. The quantitative estimate of drug-likeness (QED) is 0.566. The van der Waals surface area contributed by atoms with Crippen molar-refractivity contribution in [3.05, 3.63) is 57.1 Å². The van der Waals surface area contributed by atoms with Crippen LogP contribution in [0.15, 0.2) is 24.5 Å². The van der Waals surface area contributed by atoms with E-state index >= 15 is 0 Å². The summed E-state index contributed by atoms with van der Waals surface area (Å²) in [6, 6.07) is 3.21. The van der Waals surface area contributed by atoms with E-state index < -0.39 is 30.1 Å². The summed E-state index contributed by atoms with van der Waals surface area (Å²) in [5.74, 6) is -1.60. The minimum atomic E-state index is -2.50. The number of benzene rings is 1. The van der Waals surface area contributed by atoms with Gasteiger partial charge in [0, 0.05) is 47.4 Å². The molecule has 33 heavy (non-hydrogen) atoms. The summed E-state index contributed by atoms with van der Waals surface area (Å²) in [7, 11) is 0. The normalized spacial score (nSPS) is 16.6. The highest BCUT2D eigenvalue weighted by molar-refractivity contribution is 6.36. The standard InChI is InChI=1S/C22H22Cl2F2N4O3/c1-22(2,20-27-9-12(10-28-20)7-16(25)26)21(33)29-8-11-5-14(23)18(15(24)6-11)13-3-4-17(31)30-19(13)32/h5-6,9-10,13,16H,3-4,7-8H2,1-2H3,(H,29,33)(H,30,31,32). The van der Waals surface area contributed by atoms with Crippen LogP contribution < -0.4 is 10.6 Å². The predicted octanol–water partition coefficient (Wildman–Crippen LogP) is 3.71. The number of rotatable bonds is 7. The Hall–Kier alpha value is -2.65. The SMILES string of the molecule is CC(C)(C(=O)NCc1cc(Cl)c(C2CCC(=O)NC2=O)c(Cl)c1)c1ncc(CC(F)F)cn1. The molecule has 1 aliphatic rings. The lowest BCUT2D eigenvalue weighted by Gasteiger charge is -2.24. The molecule has 1 aromatic heterocycles. The molecule has 0 bridgehead atoms. The van der Waals surface area contributed by atoms with Gasteiger partial charge in [0.15, 0.2) is 0 Å². The molecule has 0 aliphatic carbocycles. The molecule has 1 aliphatic heterocycles. The van der Waals surface area contributed by atoms with Gasteiger partial charge in [-0.2, -0.15) is 0 Å². The molecule has 1 saturated heterocycles. The Morgan fingerprint density at radius 2 is 1.79 bits per heavy atom. The molecule has 0 radical (unpaired) electrons. The van der Waals surface area contributed by atoms with Gasteiger partial charge in [-0.3, -0.25) is 19.7 Å². The molecule has 1 unspecified atom stereocenters. The molecule has 3 amide bonds. The molecular weight excluding hydrogens is 477 g/mol. The second-order valence-electron chi connectivity index (χ2n) is 8.29. The van der Waals surface area contributed by atoms with E-state index in [4.69, 9.17) is 23.2 Å². The summed E-state index contributed by atoms with van der Waals surface area (Å²) in [5.41, 5.74) is 0.212. The Labute approximate surface area is 199 Å². The molecule has 176 valence electrons. The molecule has 1 atom stereocenters. The Morgan fingerprint density at radius 1 is 1.18 bits per heavy atom. The highest BCUT2D eigenvalue weighted by Gasteiger charge is 2.33. The third kappa shape index (κ3) is 5.83. The van der Waals surface area contributed by atoms with Crippen LogP contribution in [0.2, 0.25) is 10.0 Å². The minimum absolute atomic E-state index is 0.0980. The number of imide groups is 1. The lowest BCUT2D eigenvalue weighted by atomic mass is 9.89. The number of amides is 3. The number of hydrogen-bond donors (Lipinski definition) is 2. The average molecular weight is 499 g/mol. The molecule has 1 fully saturated rings. The smallest absolute Gasteiger partial charge is 0.242 e. The molecule has 2 heterocycles. The zero-order valence-corrected chi connectivity index (χ0v) is 19.4. The maximum absolute atomic E-state index is 12.8. The summed E-state index contributed by atoms with van der Waals surface area (Å²) in [6.45, 7) is 3.34. The summed E-state index contributed by atoms with van der Waals surface area (Å²) in [4.78, 5) is 44.5. The van der Waals surface area contributed by atoms with Crippen LogP contribution in [0.25, 0.3) is 0 Å². The predicted molar refractivity (Wildman–Crippen MR) is 118 cm³/mol. The summed E-state index contributed by atoms with van der Waals surface area (Å²) in [6.07, 6.45) is 0.123. The molecule has 3 rings (SSSR count). The van der Waals surface area contributed by atoms with Gasteiger partial charge in [-0.05, 0) is 43.5 Å². The van der Waals surface area contributed by atoms with Crippen molar-refractivity contribution in [3.63, 3.8) is 0 Å². The van der Waals surface area contributed by atoms with Gasteiger partial charge in [0.2, 0.25) is 24.1 Å². The lowest BCUT2D eigenvalue weighted by Crippen LogP contribution is -2.41. The second kappa shape index (κ2) is 10.1. The van der Waals surface area contributed by atoms with Crippen LogP contribution in [0.1, 0.15) is 55.1 Å². The van der Waals surface area contributed by atoms with Crippen LogP contribution in [0, 0.1) is 0 Å². The van der Waals surface area contributed by atoms with Gasteiger partial charge in [-0.15, -0.1) is 0 Å². The van der Waals surface area contributed by atoms with Crippen molar-refractivity contribution in [2.75, 3.05) is 0 Å². The van der Waals surface area contributed by atoms with E-state index in [-0.39, 0.29) is 46.2 Å². The Bertz CT molecular complexity index is 1050. The van der Waals surface area contributed by atoms with Crippen LogP contribution in [0.5, 0.6) is 0 Å². The van der Waals surface area contributed by atoms with E-state index in [0.29, 0.717) is 17.5 Å². The molecule has 1 aromatic carbocycles. The van der Waals surface area contributed by atoms with E-state index in [9.17, 15) is 23.2 Å². The van der Waals surface area contributed by atoms with E-state index in [2.05, 4.69) is 20.6 Å². The van der Waals surface area contributed by atoms with Gasteiger partial charge in [0.05, 0.1) is 5.92 Å². The number of carbonyl (C=O) groups excluding carboxylic acids is 3. The largest absolute Gasteiger partial charge is 0.351 e. The van der Waals surface area contributed by atoms with Crippen LogP contribution >= 0.6 is 23.2 Å². The molecular formula is C22H22Cl2F2N4O3. The van der Waals surface area contributed by atoms with Crippen molar-refractivity contribution in [2.45, 2.75) is 57.4 Å². The first kappa shape index (κ1) is 25.0. The van der Waals surface area contributed by atoms with E-state index in [0.717, 1.165) is 0 Å². The van der Waals surface area contributed by atoms with Gasteiger partial charge < -0.3 is 5.32 Å². The fraction of sp³-hybridized carbons (Fsp3) is 0.409. The molecule has 2 N–H and O–H groups in total. The van der Waals surface area contributed by atoms with Crippen LogP contribution in [-0.4, -0.2) is 34.1 Å². The van der Waals surface area contributed by atoms with Gasteiger partial charge >= 0.3 is 0 Å². The number of nitrogens with one attached hydrogen (secondary N) is 2. The first-order valence-electron chi connectivity index (χ1n) is 10.2. The molecule has 2 aromatic rings. The van der Waals surface area contributed by atoms with Crippen molar-refractivity contribution in [2.24, 2.45) is 0 Å². The number of alkyl halides is 2. The van der Waals surface area contributed by atoms with Gasteiger partial charge in [0.1, 0.15) is 11.2 Å². The minimum Gasteiger partial charge on any atom is -0.351 e. The number of halogens is 4. The summed E-state index contributed by atoms with van der Waals surface area (Å²) in [5, 5.41) is 5.58. The van der Waals surface area contributed by atoms with E-state index in [1.807, 2.05) is 0 Å². The lowest BCUT2D eigenvalue weighted by molar-refractivity contribution is -0.134. The summed E-state index contributed by atoms with van der Waals surface area (Å²) < 4.78 is 25.0. The zero-order chi connectivity index (χ0) is 24.3. The van der Waals surface area contributed by atoms with Crippen LogP contribution in [0.4, 0.5) is 8.78 Å². The Balaban J connectivity index is 1.69. The van der Waals surface area contributed by atoms with Gasteiger partial charge in [-0.25, -0.2) is 18.7 Å². The summed E-state index contributed by atoms with van der Waals surface area (Å²) >= 11 is 12.8. The Morgan fingerprint density at radius 3 is 2.33 bits per heavy atom. The first-order chi connectivity index (χ1) is 15.5. The number of piperidine rings is 1. The van der Waals surface area contributed by atoms with Crippen molar-refractivity contribution in [1.82, 2.24) is 20.6 Å². The maximum Gasteiger partial charge on any atom is 0.242 e. The number of carbonyl (C=O) groups is 3. The molecule has 0 spiro atoms. The maximum atomic E-state index is 12.8. The number of hydrogen-bond acceptors (Lipinski definition) is 5. The van der Waals surface area contributed by atoms with Crippen molar-refractivity contribution >= 4 is 40.9 Å². The topological polar surface area (TPSA) is 101 Å². The van der Waals surface area contributed by atoms with Crippen LogP contribution in [-0.2, 0) is 32.8 Å². The molecule has 0 saturated carbocycles. The zero-order valence-electron chi connectivity index (χ0n) is 17.9. The average Bonchev–Trinajstić information content (AvgIpc) is 2.73. The monoisotopic (exact) mass is 498 g/mol. The highest BCUT2D eigenvalue weighted by atomic mass is 35.5. The number of aromatic nitrogens is 2. The fourth-order valence-electron chi connectivity index (χ4n) is 3.51. The van der Waals surface area contributed by atoms with E-state index in [1.54, 1.807) is 26.0 Å². The van der Waals surface area contributed by atoms with Gasteiger partial charge in [0.25, 0.3) is 0 Å². The first-order valence-corrected chi connectivity index (χ1v) is 10.9. The van der Waals surface area contributed by atoms with Crippen molar-refractivity contribution < 1.29 is 23.2 Å². The van der Waals surface area contributed by atoms with E-state index in [1.165, 1.54) is 12.4 Å². The number of nitrogens with zero attached hydrogens (tertiary/aromatic N) is 2. The second-order valence-corrected chi connectivity index (χ2v) is 9.11. The fourth-order valence-corrected chi connectivity index (χ4v) is 4.30. The third-order valence-electron chi connectivity index (χ3n) is 5.40. The Kier molecular flexibility index (Phi) is 7.64. The van der Waals surface area contributed by atoms with Gasteiger partial charge in [-0.1, -0.05) is 23.2 Å². The molecule has 11 heteroatoms. The highest BCUT2D eigenvalue weighted by Crippen LogP contribution is 2.37. The van der Waals surface area contributed by atoms with Crippen molar-refractivity contribution in [1.29, 1.82) is 0 Å². The van der Waals surface area contributed by atoms with Crippen molar-refractivity contribution in [3.8, 4) is 0 Å². The third-order valence-corrected chi connectivity index (χ3v) is 6.03.